The van der Waals surface area contributed by atoms with Gasteiger partial charge in [-0.25, -0.2) is 4.79 Å². The summed E-state index contributed by atoms with van der Waals surface area (Å²) in [5.41, 5.74) is 5.68. The van der Waals surface area contributed by atoms with Crippen LogP contribution in [0.15, 0.2) is 0 Å². The fraction of sp³-hybridized carbons (Fsp3) is 0.857. The van der Waals surface area contributed by atoms with E-state index in [4.69, 9.17) is 5.73 Å². The van der Waals surface area contributed by atoms with Gasteiger partial charge in [-0.1, -0.05) is 20.8 Å². The van der Waals surface area contributed by atoms with Gasteiger partial charge in [-0.15, -0.1) is 0 Å². The molecule has 0 spiro atoms. The molecule has 0 aliphatic carbocycles. The van der Waals surface area contributed by atoms with Gasteiger partial charge in [0.1, 0.15) is 0 Å². The van der Waals surface area contributed by atoms with Crippen molar-refractivity contribution in [2.45, 2.75) is 47.1 Å². The van der Waals surface area contributed by atoms with Gasteiger partial charge in [0.05, 0.1) is 6.54 Å². The molecule has 20 heavy (non-hydrogen) atoms. The van der Waals surface area contributed by atoms with Crippen LogP contribution in [-0.4, -0.2) is 49.1 Å². The monoisotopic (exact) mass is 286 g/mol. The minimum absolute atomic E-state index is 0.00529. The number of imide groups is 1. The molecule has 0 saturated carbocycles. The number of hydrogen-bond donors (Lipinski definition) is 3. The summed E-state index contributed by atoms with van der Waals surface area (Å²) in [7, 11) is 0. The molecule has 118 valence electrons. The molecule has 0 saturated heterocycles. The largest absolute Gasteiger partial charge is 0.336 e. The number of nitrogens with zero attached hydrogens (tertiary/aromatic N) is 1. The normalized spacial score (nSPS) is 11.8. The molecule has 0 rings (SSSR count). The number of urea groups is 1. The van der Waals surface area contributed by atoms with Crippen LogP contribution in [0.25, 0.3) is 0 Å². The second-order valence-electron chi connectivity index (χ2n) is 6.26. The van der Waals surface area contributed by atoms with Gasteiger partial charge in [-0.2, -0.15) is 0 Å². The second kappa shape index (κ2) is 8.92. The Morgan fingerprint density at radius 2 is 1.90 bits per heavy atom. The van der Waals surface area contributed by atoms with Gasteiger partial charge < -0.3 is 11.1 Å². The average molecular weight is 286 g/mol. The van der Waals surface area contributed by atoms with Crippen LogP contribution in [-0.2, 0) is 4.79 Å². The Kier molecular flexibility index (Phi) is 8.41. The number of nitrogens with one attached hydrogen (secondary N) is 2. The number of carbonyl (C=O) groups is 2. The molecule has 4 N–H and O–H groups in total. The van der Waals surface area contributed by atoms with E-state index < -0.39 is 6.03 Å². The maximum Gasteiger partial charge on any atom is 0.321 e. The summed E-state index contributed by atoms with van der Waals surface area (Å²) in [6.07, 6.45) is 0.951. The Balaban J connectivity index is 4.37. The first-order valence-corrected chi connectivity index (χ1v) is 7.23. The maximum atomic E-state index is 11.8. The van der Waals surface area contributed by atoms with Gasteiger partial charge in [0, 0.05) is 12.6 Å². The number of rotatable bonds is 8. The zero-order valence-corrected chi connectivity index (χ0v) is 13.5. The zero-order valence-electron chi connectivity index (χ0n) is 13.5. The molecule has 3 amide bonds. The van der Waals surface area contributed by atoms with Crippen molar-refractivity contribution in [1.82, 2.24) is 15.5 Å². The van der Waals surface area contributed by atoms with Crippen molar-refractivity contribution in [3.8, 4) is 0 Å². The fourth-order valence-corrected chi connectivity index (χ4v) is 1.87. The molecule has 0 aromatic rings. The van der Waals surface area contributed by atoms with Gasteiger partial charge in [0.2, 0.25) is 5.91 Å². The first-order chi connectivity index (χ1) is 9.20. The minimum atomic E-state index is -0.445. The standard InChI is InChI=1S/C14H30N4O2/c1-6-7-18(10-14(4,5)9-15)8-12(19)17-13(20)16-11(2)3/h11H,6-10,15H2,1-5H3,(H2,16,17,19,20). The maximum absolute atomic E-state index is 11.8. The molecule has 0 aliphatic rings. The van der Waals surface area contributed by atoms with E-state index >= 15 is 0 Å². The van der Waals surface area contributed by atoms with Gasteiger partial charge >= 0.3 is 6.03 Å². The zero-order chi connectivity index (χ0) is 15.8. The molecule has 0 unspecified atom stereocenters. The van der Waals surface area contributed by atoms with E-state index in [1.807, 2.05) is 18.7 Å². The lowest BCUT2D eigenvalue weighted by atomic mass is 9.93. The van der Waals surface area contributed by atoms with Crippen LogP contribution in [0.1, 0.15) is 41.0 Å². The van der Waals surface area contributed by atoms with E-state index in [2.05, 4.69) is 31.4 Å². The highest BCUT2D eigenvalue weighted by atomic mass is 16.2. The molecule has 0 fully saturated rings. The van der Waals surface area contributed by atoms with E-state index in [-0.39, 0.29) is 23.9 Å². The number of carbonyl (C=O) groups excluding carboxylic acids is 2. The summed E-state index contributed by atoms with van der Waals surface area (Å²) >= 11 is 0. The van der Waals surface area contributed by atoms with Crippen molar-refractivity contribution in [3.63, 3.8) is 0 Å². The molecule has 0 aromatic carbocycles. The summed E-state index contributed by atoms with van der Waals surface area (Å²) in [5.74, 6) is -0.288. The van der Waals surface area contributed by atoms with Gasteiger partial charge in [-0.3, -0.25) is 15.0 Å². The highest BCUT2D eigenvalue weighted by molar-refractivity contribution is 5.95. The second-order valence-corrected chi connectivity index (χ2v) is 6.26. The molecule has 0 heterocycles. The molecule has 0 radical (unpaired) electrons. The third kappa shape index (κ3) is 8.87. The van der Waals surface area contributed by atoms with Gasteiger partial charge in [-0.05, 0) is 38.8 Å². The lowest BCUT2D eigenvalue weighted by Crippen LogP contribution is -2.48. The van der Waals surface area contributed by atoms with Gasteiger partial charge in [0.15, 0.2) is 0 Å². The first kappa shape index (κ1) is 18.9. The van der Waals surface area contributed by atoms with Crippen molar-refractivity contribution < 1.29 is 9.59 Å². The van der Waals surface area contributed by atoms with Crippen LogP contribution in [0.3, 0.4) is 0 Å². The van der Waals surface area contributed by atoms with Crippen LogP contribution in [0.4, 0.5) is 4.79 Å². The molecular weight excluding hydrogens is 256 g/mol. The summed E-state index contributed by atoms with van der Waals surface area (Å²) in [4.78, 5) is 25.3. The van der Waals surface area contributed by atoms with Crippen molar-refractivity contribution in [3.05, 3.63) is 0 Å². The Morgan fingerprint density at radius 1 is 1.30 bits per heavy atom. The van der Waals surface area contributed by atoms with Crippen LogP contribution in [0.2, 0.25) is 0 Å². The molecule has 6 nitrogen and oxygen atoms in total. The summed E-state index contributed by atoms with van der Waals surface area (Å²) in [5, 5.41) is 4.97. The quantitative estimate of drug-likeness (QED) is 0.619. The summed E-state index contributed by atoms with van der Waals surface area (Å²) in [6.45, 7) is 12.2. The lowest BCUT2D eigenvalue weighted by molar-refractivity contribution is -0.121. The Morgan fingerprint density at radius 3 is 2.35 bits per heavy atom. The van der Waals surface area contributed by atoms with Crippen molar-refractivity contribution in [2.75, 3.05) is 26.2 Å². The molecule has 0 bridgehead atoms. The Bertz CT molecular complexity index is 316. The predicted molar refractivity (Wildman–Crippen MR) is 81.4 cm³/mol. The first-order valence-electron chi connectivity index (χ1n) is 7.23. The Labute approximate surface area is 122 Å². The predicted octanol–water partition coefficient (Wildman–Crippen LogP) is 0.918. The lowest BCUT2D eigenvalue weighted by Gasteiger charge is -2.31. The molecule has 6 heteroatoms. The smallest absolute Gasteiger partial charge is 0.321 e. The summed E-state index contributed by atoms with van der Waals surface area (Å²) < 4.78 is 0. The third-order valence-corrected chi connectivity index (χ3v) is 2.78. The SMILES string of the molecule is CCCN(CC(=O)NC(=O)NC(C)C)CC(C)(C)CN. The number of nitrogens with two attached hydrogens (primary N) is 1. The number of amides is 3. The van der Waals surface area contributed by atoms with E-state index in [0.717, 1.165) is 19.5 Å². The van der Waals surface area contributed by atoms with E-state index in [0.29, 0.717) is 6.54 Å². The Hall–Kier alpha value is -1.14. The van der Waals surface area contributed by atoms with Crippen molar-refractivity contribution >= 4 is 11.9 Å². The fourth-order valence-electron chi connectivity index (χ4n) is 1.87. The van der Waals surface area contributed by atoms with E-state index in [1.54, 1.807) is 0 Å². The minimum Gasteiger partial charge on any atom is -0.336 e. The molecular formula is C14H30N4O2. The van der Waals surface area contributed by atoms with E-state index in [9.17, 15) is 9.59 Å². The molecule has 0 atom stereocenters. The van der Waals surface area contributed by atoms with Crippen LogP contribution in [0.5, 0.6) is 0 Å². The highest BCUT2D eigenvalue weighted by Crippen LogP contribution is 2.14. The molecule has 0 aromatic heterocycles. The van der Waals surface area contributed by atoms with Crippen LogP contribution >= 0.6 is 0 Å². The van der Waals surface area contributed by atoms with Crippen molar-refractivity contribution in [1.29, 1.82) is 0 Å². The van der Waals surface area contributed by atoms with Crippen molar-refractivity contribution in [2.24, 2.45) is 11.1 Å². The topological polar surface area (TPSA) is 87.5 Å². The van der Waals surface area contributed by atoms with E-state index in [1.165, 1.54) is 0 Å². The van der Waals surface area contributed by atoms with Crippen LogP contribution in [0, 0.1) is 5.41 Å². The molecule has 0 aliphatic heterocycles. The number of hydrogen-bond acceptors (Lipinski definition) is 4. The third-order valence-electron chi connectivity index (χ3n) is 2.78. The summed E-state index contributed by atoms with van der Waals surface area (Å²) in [6, 6.07) is -0.440. The highest BCUT2D eigenvalue weighted by Gasteiger charge is 2.22. The van der Waals surface area contributed by atoms with Gasteiger partial charge in [0.25, 0.3) is 0 Å². The average Bonchev–Trinajstić information content (AvgIpc) is 2.27. The van der Waals surface area contributed by atoms with Crippen LogP contribution < -0.4 is 16.4 Å².